The number of fused-ring (bicyclic) bond motifs is 1. The summed E-state index contributed by atoms with van der Waals surface area (Å²) < 4.78 is 11.1. The highest BCUT2D eigenvalue weighted by Gasteiger charge is 2.19. The van der Waals surface area contributed by atoms with Crippen molar-refractivity contribution < 1.29 is 19.1 Å². The fraction of sp³-hybridized carbons (Fsp3) is 0.222. The van der Waals surface area contributed by atoms with Crippen molar-refractivity contribution in [1.29, 1.82) is 0 Å². The Labute approximate surface area is 144 Å². The molecular formula is C18H16ClNO4. The van der Waals surface area contributed by atoms with Crippen molar-refractivity contribution in [2.75, 3.05) is 18.5 Å². The number of carbonyl (C=O) groups excluding carboxylic acids is 2. The molecule has 3 rings (SSSR count). The summed E-state index contributed by atoms with van der Waals surface area (Å²) in [5, 5.41) is 3.06. The lowest BCUT2D eigenvalue weighted by atomic mass is 10.1. The monoisotopic (exact) mass is 345 g/mol. The van der Waals surface area contributed by atoms with E-state index in [0.717, 1.165) is 6.42 Å². The van der Waals surface area contributed by atoms with E-state index in [1.165, 1.54) is 13.0 Å². The predicted octanol–water partition coefficient (Wildman–Crippen LogP) is 3.96. The van der Waals surface area contributed by atoms with Crippen molar-refractivity contribution >= 4 is 29.0 Å². The molecule has 0 aromatic heterocycles. The summed E-state index contributed by atoms with van der Waals surface area (Å²) in [4.78, 5) is 24.2. The highest BCUT2D eigenvalue weighted by atomic mass is 35.5. The molecule has 2 aromatic rings. The molecule has 0 radical (unpaired) electrons. The molecule has 1 heterocycles. The lowest BCUT2D eigenvalue weighted by Crippen LogP contribution is -2.14. The van der Waals surface area contributed by atoms with Gasteiger partial charge in [-0.15, -0.1) is 0 Å². The van der Waals surface area contributed by atoms with Crippen molar-refractivity contribution in [1.82, 2.24) is 0 Å². The first-order valence-electron chi connectivity index (χ1n) is 7.56. The first kappa shape index (κ1) is 16.3. The minimum absolute atomic E-state index is 0.123. The molecule has 124 valence electrons. The van der Waals surface area contributed by atoms with Crippen LogP contribution in [0.5, 0.6) is 11.5 Å². The van der Waals surface area contributed by atoms with Crippen LogP contribution < -0.4 is 14.8 Å². The van der Waals surface area contributed by atoms with Gasteiger partial charge in [0.2, 0.25) is 0 Å². The van der Waals surface area contributed by atoms with Gasteiger partial charge in [0.1, 0.15) is 0 Å². The van der Waals surface area contributed by atoms with Gasteiger partial charge in [-0.25, -0.2) is 0 Å². The fourth-order valence-corrected chi connectivity index (χ4v) is 2.72. The van der Waals surface area contributed by atoms with E-state index >= 15 is 0 Å². The van der Waals surface area contributed by atoms with Crippen LogP contribution in [0.3, 0.4) is 0 Å². The fourth-order valence-electron chi connectivity index (χ4n) is 2.46. The van der Waals surface area contributed by atoms with Gasteiger partial charge >= 0.3 is 0 Å². The number of hydrogen-bond donors (Lipinski definition) is 1. The minimum Gasteiger partial charge on any atom is -0.489 e. The zero-order chi connectivity index (χ0) is 17.1. The molecule has 6 heteroatoms. The number of carbonyl (C=O) groups is 2. The third-order valence-electron chi connectivity index (χ3n) is 3.62. The van der Waals surface area contributed by atoms with E-state index in [0.29, 0.717) is 46.5 Å². The van der Waals surface area contributed by atoms with Gasteiger partial charge in [0.05, 0.1) is 23.9 Å². The summed E-state index contributed by atoms with van der Waals surface area (Å²) in [6, 6.07) is 9.97. The van der Waals surface area contributed by atoms with E-state index < -0.39 is 0 Å². The Morgan fingerprint density at radius 1 is 1.12 bits per heavy atom. The minimum atomic E-state index is -0.374. The standard InChI is InChI=1S/C18H16ClNO4/c1-11(21)13-5-2-3-6-15(13)20-18(22)12-9-14(19)17-16(10-12)23-7-4-8-24-17/h2-3,5-6,9-10H,4,7-8H2,1H3,(H,20,22). The molecule has 1 amide bonds. The van der Waals surface area contributed by atoms with Gasteiger partial charge in [-0.1, -0.05) is 23.7 Å². The molecule has 0 spiro atoms. The van der Waals surface area contributed by atoms with E-state index in [9.17, 15) is 9.59 Å². The molecule has 0 bridgehead atoms. The highest BCUT2D eigenvalue weighted by molar-refractivity contribution is 6.32. The van der Waals surface area contributed by atoms with Crippen LogP contribution in [-0.4, -0.2) is 24.9 Å². The Bertz CT molecular complexity index is 804. The maximum absolute atomic E-state index is 12.5. The lowest BCUT2D eigenvalue weighted by Gasteiger charge is -2.13. The average Bonchev–Trinajstić information content (AvgIpc) is 2.81. The first-order chi connectivity index (χ1) is 11.6. The van der Waals surface area contributed by atoms with E-state index in [1.807, 2.05) is 0 Å². The van der Waals surface area contributed by atoms with Crippen LogP contribution in [0.25, 0.3) is 0 Å². The number of ketones is 1. The number of benzene rings is 2. The van der Waals surface area contributed by atoms with Crippen LogP contribution in [0, 0.1) is 0 Å². The van der Waals surface area contributed by atoms with E-state index in [-0.39, 0.29) is 11.7 Å². The zero-order valence-corrected chi connectivity index (χ0v) is 13.9. The molecule has 5 nitrogen and oxygen atoms in total. The van der Waals surface area contributed by atoms with Gasteiger partial charge in [-0.2, -0.15) is 0 Å². The third-order valence-corrected chi connectivity index (χ3v) is 3.90. The number of halogens is 1. The van der Waals surface area contributed by atoms with Crippen molar-refractivity contribution in [3.8, 4) is 11.5 Å². The van der Waals surface area contributed by atoms with Crippen LogP contribution in [0.2, 0.25) is 5.02 Å². The Balaban J connectivity index is 1.90. The number of amides is 1. The number of rotatable bonds is 3. The number of anilines is 1. The van der Waals surface area contributed by atoms with Crippen molar-refractivity contribution in [3.05, 3.63) is 52.5 Å². The third kappa shape index (κ3) is 3.36. The molecular weight excluding hydrogens is 330 g/mol. The van der Waals surface area contributed by atoms with Gasteiger partial charge in [-0.05, 0) is 31.2 Å². The van der Waals surface area contributed by atoms with Crippen molar-refractivity contribution in [2.45, 2.75) is 13.3 Å². The van der Waals surface area contributed by atoms with Crippen molar-refractivity contribution in [3.63, 3.8) is 0 Å². The average molecular weight is 346 g/mol. The van der Waals surface area contributed by atoms with Gasteiger partial charge < -0.3 is 14.8 Å². The second-order valence-electron chi connectivity index (χ2n) is 5.39. The summed E-state index contributed by atoms with van der Waals surface area (Å²) >= 11 is 6.21. The molecule has 0 saturated carbocycles. The number of nitrogens with one attached hydrogen (secondary N) is 1. The number of para-hydroxylation sites is 1. The largest absolute Gasteiger partial charge is 0.489 e. The smallest absolute Gasteiger partial charge is 0.255 e. The van der Waals surface area contributed by atoms with Crippen LogP contribution in [0.4, 0.5) is 5.69 Å². The number of ether oxygens (including phenoxy) is 2. The molecule has 0 saturated heterocycles. The summed E-state index contributed by atoms with van der Waals surface area (Å²) in [5.41, 5.74) is 1.24. The Kier molecular flexibility index (Phi) is 4.71. The van der Waals surface area contributed by atoms with E-state index in [1.54, 1.807) is 30.3 Å². The predicted molar refractivity (Wildman–Crippen MR) is 91.5 cm³/mol. The molecule has 0 aliphatic carbocycles. The number of Topliss-reactive ketones (excluding diaryl/α,β-unsaturated/α-hetero) is 1. The normalized spacial score (nSPS) is 13.1. The Morgan fingerprint density at radius 2 is 1.88 bits per heavy atom. The molecule has 2 aromatic carbocycles. The van der Waals surface area contributed by atoms with Crippen molar-refractivity contribution in [2.24, 2.45) is 0 Å². The zero-order valence-electron chi connectivity index (χ0n) is 13.1. The highest BCUT2D eigenvalue weighted by Crippen LogP contribution is 2.38. The molecule has 0 atom stereocenters. The topological polar surface area (TPSA) is 64.6 Å². The van der Waals surface area contributed by atoms with E-state index in [2.05, 4.69) is 5.32 Å². The molecule has 0 fully saturated rings. The van der Waals surface area contributed by atoms with Gasteiger partial charge in [0.25, 0.3) is 5.91 Å². The molecule has 0 unspecified atom stereocenters. The van der Waals surface area contributed by atoms with Gasteiger partial charge in [0, 0.05) is 17.5 Å². The van der Waals surface area contributed by atoms with Crippen LogP contribution in [0.1, 0.15) is 34.1 Å². The second kappa shape index (κ2) is 6.93. The lowest BCUT2D eigenvalue weighted by molar-refractivity contribution is 0.101. The summed E-state index contributed by atoms with van der Waals surface area (Å²) in [6.07, 6.45) is 0.749. The first-order valence-corrected chi connectivity index (χ1v) is 7.94. The molecule has 1 aliphatic heterocycles. The molecule has 1 aliphatic rings. The summed E-state index contributed by atoms with van der Waals surface area (Å²) in [6.45, 7) is 2.47. The maximum Gasteiger partial charge on any atom is 0.255 e. The molecule has 1 N–H and O–H groups in total. The SMILES string of the molecule is CC(=O)c1ccccc1NC(=O)c1cc(Cl)c2c(c1)OCCCO2. The molecule has 24 heavy (non-hydrogen) atoms. The Hall–Kier alpha value is -2.53. The quantitative estimate of drug-likeness (QED) is 0.855. The van der Waals surface area contributed by atoms with Gasteiger partial charge in [-0.3, -0.25) is 9.59 Å². The maximum atomic E-state index is 12.5. The summed E-state index contributed by atoms with van der Waals surface area (Å²) in [7, 11) is 0. The van der Waals surface area contributed by atoms with Gasteiger partial charge in [0.15, 0.2) is 17.3 Å². The summed E-state index contributed by atoms with van der Waals surface area (Å²) in [5.74, 6) is 0.406. The van der Waals surface area contributed by atoms with Crippen LogP contribution in [-0.2, 0) is 0 Å². The van der Waals surface area contributed by atoms with E-state index in [4.69, 9.17) is 21.1 Å². The Morgan fingerprint density at radius 3 is 2.67 bits per heavy atom. The van der Waals surface area contributed by atoms with Crippen LogP contribution >= 0.6 is 11.6 Å². The number of hydrogen-bond acceptors (Lipinski definition) is 4. The second-order valence-corrected chi connectivity index (χ2v) is 5.80. The van der Waals surface area contributed by atoms with Crippen LogP contribution in [0.15, 0.2) is 36.4 Å².